The topological polar surface area (TPSA) is 30.5 Å². The summed E-state index contributed by atoms with van der Waals surface area (Å²) in [6, 6.07) is 16.4. The van der Waals surface area contributed by atoms with Gasteiger partial charge >= 0.3 is 0 Å². The van der Waals surface area contributed by atoms with Crippen LogP contribution >= 0.6 is 12.4 Å². The average Bonchev–Trinajstić information content (AvgIpc) is 2.65. The second-order valence-electron chi connectivity index (χ2n) is 6.19. The highest BCUT2D eigenvalue weighted by molar-refractivity contribution is 5.85. The van der Waals surface area contributed by atoms with E-state index in [0.717, 1.165) is 35.7 Å². The van der Waals surface area contributed by atoms with Gasteiger partial charge in [0.15, 0.2) is 11.5 Å². The Bertz CT molecular complexity index is 604. The van der Waals surface area contributed by atoms with Gasteiger partial charge in [-0.1, -0.05) is 68.7 Å². The summed E-state index contributed by atoms with van der Waals surface area (Å²) in [5, 5.41) is 3.53. The van der Waals surface area contributed by atoms with E-state index >= 15 is 0 Å². The summed E-state index contributed by atoms with van der Waals surface area (Å²) in [6.45, 7) is 7.26. The smallest absolute Gasteiger partial charge is 0.166 e. The first-order chi connectivity index (χ1) is 12.3. The zero-order valence-corrected chi connectivity index (χ0v) is 16.8. The highest BCUT2D eigenvalue weighted by atomic mass is 35.5. The zero-order valence-electron chi connectivity index (χ0n) is 16.0. The molecule has 2 aromatic rings. The summed E-state index contributed by atoms with van der Waals surface area (Å²) in [5.74, 6) is 1.68. The molecular formula is C22H32ClNO2. The molecule has 0 aliphatic heterocycles. The third-order valence-corrected chi connectivity index (χ3v) is 4.11. The van der Waals surface area contributed by atoms with Crippen LogP contribution in [-0.2, 0) is 13.2 Å². The number of para-hydroxylation sites is 1. The van der Waals surface area contributed by atoms with E-state index in [2.05, 4.69) is 30.4 Å². The van der Waals surface area contributed by atoms with Crippen LogP contribution in [0.3, 0.4) is 0 Å². The van der Waals surface area contributed by atoms with Crippen LogP contribution in [0.5, 0.6) is 11.5 Å². The van der Waals surface area contributed by atoms with E-state index < -0.39 is 0 Å². The summed E-state index contributed by atoms with van der Waals surface area (Å²) in [7, 11) is 0. The molecule has 0 bridgehead atoms. The third-order valence-electron chi connectivity index (χ3n) is 4.11. The van der Waals surface area contributed by atoms with Gasteiger partial charge < -0.3 is 14.8 Å². The van der Waals surface area contributed by atoms with Gasteiger partial charge in [0.25, 0.3) is 0 Å². The second kappa shape index (κ2) is 13.5. The molecule has 0 fully saturated rings. The van der Waals surface area contributed by atoms with Crippen molar-refractivity contribution >= 4 is 12.4 Å². The van der Waals surface area contributed by atoms with Crippen LogP contribution < -0.4 is 14.8 Å². The Balaban J connectivity index is 0.00000338. The van der Waals surface area contributed by atoms with Crippen molar-refractivity contribution in [3.05, 3.63) is 59.7 Å². The summed E-state index contributed by atoms with van der Waals surface area (Å²) in [6.07, 6.45) is 5.10. The zero-order chi connectivity index (χ0) is 17.7. The van der Waals surface area contributed by atoms with Gasteiger partial charge in [0.1, 0.15) is 6.61 Å². The Morgan fingerprint density at radius 1 is 0.846 bits per heavy atom. The predicted molar refractivity (Wildman–Crippen MR) is 111 cm³/mol. The Hall–Kier alpha value is -1.71. The fourth-order valence-corrected chi connectivity index (χ4v) is 2.76. The van der Waals surface area contributed by atoms with Crippen LogP contribution in [0, 0.1) is 0 Å². The van der Waals surface area contributed by atoms with Crippen LogP contribution in [0.4, 0.5) is 0 Å². The maximum atomic E-state index is 6.14. The van der Waals surface area contributed by atoms with Crippen molar-refractivity contribution in [3.63, 3.8) is 0 Å². The molecule has 0 amide bonds. The molecule has 0 radical (unpaired) electrons. The molecule has 0 aromatic heterocycles. The Kier molecular flexibility index (Phi) is 11.6. The van der Waals surface area contributed by atoms with Crippen LogP contribution in [-0.4, -0.2) is 13.2 Å². The maximum Gasteiger partial charge on any atom is 0.166 e. The van der Waals surface area contributed by atoms with Crippen LogP contribution in [0.25, 0.3) is 0 Å². The van der Waals surface area contributed by atoms with E-state index in [1.165, 1.54) is 25.7 Å². The molecule has 0 aliphatic rings. The van der Waals surface area contributed by atoms with Crippen LogP contribution in [0.2, 0.25) is 0 Å². The number of hydrogen-bond donors (Lipinski definition) is 1. The lowest BCUT2D eigenvalue weighted by atomic mass is 10.1. The fraction of sp³-hybridized carbons (Fsp3) is 0.455. The average molecular weight is 378 g/mol. The molecule has 0 saturated heterocycles. The van der Waals surface area contributed by atoms with Crippen molar-refractivity contribution in [3.8, 4) is 11.5 Å². The third kappa shape index (κ3) is 7.67. The number of hydrogen-bond acceptors (Lipinski definition) is 3. The fourth-order valence-electron chi connectivity index (χ4n) is 2.76. The van der Waals surface area contributed by atoms with Crippen LogP contribution in [0.1, 0.15) is 50.7 Å². The molecule has 0 heterocycles. The van der Waals surface area contributed by atoms with Crippen molar-refractivity contribution in [1.29, 1.82) is 0 Å². The van der Waals surface area contributed by atoms with Crippen molar-refractivity contribution in [2.45, 2.75) is 52.7 Å². The van der Waals surface area contributed by atoms with Gasteiger partial charge in [-0.15, -0.1) is 12.4 Å². The second-order valence-corrected chi connectivity index (χ2v) is 6.19. The molecule has 2 aromatic carbocycles. The molecule has 144 valence electrons. The lowest BCUT2D eigenvalue weighted by Crippen LogP contribution is -2.16. The van der Waals surface area contributed by atoms with Gasteiger partial charge in [-0.2, -0.15) is 0 Å². The largest absolute Gasteiger partial charge is 0.490 e. The van der Waals surface area contributed by atoms with Crippen LogP contribution in [0.15, 0.2) is 48.5 Å². The summed E-state index contributed by atoms with van der Waals surface area (Å²) in [4.78, 5) is 0. The molecule has 1 N–H and O–H groups in total. The van der Waals surface area contributed by atoms with E-state index in [0.29, 0.717) is 13.2 Å². The van der Waals surface area contributed by atoms with Gasteiger partial charge in [0, 0.05) is 12.1 Å². The standard InChI is InChI=1S/C22H31NO2.ClH/c1-3-5-6-10-16-23-17-20-14-11-15-21(24-4-2)22(20)25-18-19-12-8-7-9-13-19;/h7-9,11-15,23H,3-6,10,16-18H2,1-2H3;1H. The molecule has 0 unspecified atom stereocenters. The first-order valence-corrected chi connectivity index (χ1v) is 9.47. The van der Waals surface area contributed by atoms with Crippen molar-refractivity contribution < 1.29 is 9.47 Å². The lowest BCUT2D eigenvalue weighted by Gasteiger charge is -2.16. The molecule has 0 aliphatic carbocycles. The first-order valence-electron chi connectivity index (χ1n) is 9.47. The molecule has 2 rings (SSSR count). The summed E-state index contributed by atoms with van der Waals surface area (Å²) >= 11 is 0. The normalized spacial score (nSPS) is 10.2. The predicted octanol–water partition coefficient (Wildman–Crippen LogP) is 5.76. The summed E-state index contributed by atoms with van der Waals surface area (Å²) in [5.41, 5.74) is 2.31. The molecule has 3 nitrogen and oxygen atoms in total. The Morgan fingerprint density at radius 2 is 1.65 bits per heavy atom. The number of ether oxygens (including phenoxy) is 2. The number of nitrogens with one attached hydrogen (secondary N) is 1. The van der Waals surface area contributed by atoms with Crippen molar-refractivity contribution in [1.82, 2.24) is 5.32 Å². The molecular weight excluding hydrogens is 346 g/mol. The van der Waals surface area contributed by atoms with Gasteiger partial charge in [-0.05, 0) is 31.5 Å². The van der Waals surface area contributed by atoms with Crippen molar-refractivity contribution in [2.75, 3.05) is 13.2 Å². The summed E-state index contributed by atoms with van der Waals surface area (Å²) < 4.78 is 11.9. The molecule has 4 heteroatoms. The lowest BCUT2D eigenvalue weighted by molar-refractivity contribution is 0.266. The number of benzene rings is 2. The van der Waals surface area contributed by atoms with Gasteiger partial charge in [-0.3, -0.25) is 0 Å². The van der Waals surface area contributed by atoms with E-state index in [1.54, 1.807) is 0 Å². The molecule has 26 heavy (non-hydrogen) atoms. The highest BCUT2D eigenvalue weighted by Gasteiger charge is 2.11. The minimum absolute atomic E-state index is 0. The van der Waals surface area contributed by atoms with E-state index in [9.17, 15) is 0 Å². The highest BCUT2D eigenvalue weighted by Crippen LogP contribution is 2.32. The number of unbranched alkanes of at least 4 members (excludes halogenated alkanes) is 3. The molecule has 0 spiro atoms. The Labute approximate surface area is 164 Å². The SMILES string of the molecule is CCCCCCNCc1cccc(OCC)c1OCc1ccccc1.Cl. The van der Waals surface area contributed by atoms with Gasteiger partial charge in [0.2, 0.25) is 0 Å². The minimum Gasteiger partial charge on any atom is -0.490 e. The van der Waals surface area contributed by atoms with Gasteiger partial charge in [0.05, 0.1) is 6.61 Å². The van der Waals surface area contributed by atoms with E-state index in [1.807, 2.05) is 37.3 Å². The minimum atomic E-state index is 0. The van der Waals surface area contributed by atoms with Crippen molar-refractivity contribution in [2.24, 2.45) is 0 Å². The van der Waals surface area contributed by atoms with E-state index in [4.69, 9.17) is 9.47 Å². The molecule has 0 saturated carbocycles. The first kappa shape index (κ1) is 22.3. The Morgan fingerprint density at radius 3 is 2.38 bits per heavy atom. The van der Waals surface area contributed by atoms with E-state index in [-0.39, 0.29) is 12.4 Å². The monoisotopic (exact) mass is 377 g/mol. The maximum absolute atomic E-state index is 6.14. The van der Waals surface area contributed by atoms with Gasteiger partial charge in [-0.25, -0.2) is 0 Å². The number of halogens is 1. The quantitative estimate of drug-likeness (QED) is 0.477. The molecule has 0 atom stereocenters. The number of rotatable bonds is 12.